The van der Waals surface area contributed by atoms with Gasteiger partial charge in [-0.15, -0.1) is 0 Å². The van der Waals surface area contributed by atoms with Gasteiger partial charge >= 0.3 is 5.97 Å². The fourth-order valence-corrected chi connectivity index (χ4v) is 2.75. The number of H-pyrrole nitrogens is 1. The fourth-order valence-electron chi connectivity index (χ4n) is 2.75. The molecular weight excluding hydrogens is 354 g/mol. The topological polar surface area (TPSA) is 68.4 Å². The smallest absolute Gasteiger partial charge is 0.344 e. The minimum Gasteiger partial charge on any atom is -0.482 e. The number of rotatable bonds is 6. The van der Waals surface area contributed by atoms with Crippen LogP contribution < -0.4 is 4.74 Å². The standard InChI is InChI=1S/C23H23NO4/c1-23(2,3)28-22(26)15-27-18-8-6-7-16(13-18)21(25)12-11-17-14-24-20-10-5-4-9-19(17)20/h4-14,24H,15H2,1-3H3. The summed E-state index contributed by atoms with van der Waals surface area (Å²) in [6.45, 7) is 5.18. The van der Waals surface area contributed by atoms with E-state index in [4.69, 9.17) is 9.47 Å². The van der Waals surface area contributed by atoms with Gasteiger partial charge in [0.2, 0.25) is 0 Å². The highest BCUT2D eigenvalue weighted by Crippen LogP contribution is 2.20. The van der Waals surface area contributed by atoms with Crippen LogP contribution >= 0.6 is 0 Å². The molecule has 0 radical (unpaired) electrons. The van der Waals surface area contributed by atoms with Gasteiger partial charge in [0.25, 0.3) is 0 Å². The van der Waals surface area contributed by atoms with Gasteiger partial charge in [0, 0.05) is 22.7 Å². The van der Waals surface area contributed by atoms with Gasteiger partial charge in [-0.25, -0.2) is 4.79 Å². The lowest BCUT2D eigenvalue weighted by molar-refractivity contribution is -0.157. The van der Waals surface area contributed by atoms with Crippen molar-refractivity contribution in [2.24, 2.45) is 0 Å². The van der Waals surface area contributed by atoms with Crippen molar-refractivity contribution in [2.75, 3.05) is 6.61 Å². The highest BCUT2D eigenvalue weighted by Gasteiger charge is 2.16. The van der Waals surface area contributed by atoms with Crippen molar-refractivity contribution in [1.29, 1.82) is 0 Å². The first-order valence-corrected chi connectivity index (χ1v) is 9.05. The summed E-state index contributed by atoms with van der Waals surface area (Å²) in [5.74, 6) is -0.159. The zero-order valence-corrected chi connectivity index (χ0v) is 16.2. The van der Waals surface area contributed by atoms with E-state index in [-0.39, 0.29) is 12.4 Å². The summed E-state index contributed by atoms with van der Waals surface area (Å²) < 4.78 is 10.7. The predicted molar refractivity (Wildman–Crippen MR) is 109 cm³/mol. The van der Waals surface area contributed by atoms with Crippen molar-refractivity contribution in [3.05, 3.63) is 71.9 Å². The summed E-state index contributed by atoms with van der Waals surface area (Å²) >= 11 is 0. The number of allylic oxidation sites excluding steroid dienone is 1. The Balaban J connectivity index is 1.66. The SMILES string of the molecule is CC(C)(C)OC(=O)COc1cccc(C(=O)C=Cc2c[nH]c3ccccc23)c1. The maximum absolute atomic E-state index is 12.5. The molecule has 0 bridgehead atoms. The Labute approximate surface area is 164 Å². The molecule has 0 fully saturated rings. The highest BCUT2D eigenvalue weighted by molar-refractivity contribution is 6.08. The van der Waals surface area contributed by atoms with Gasteiger partial charge in [0.15, 0.2) is 12.4 Å². The van der Waals surface area contributed by atoms with E-state index in [1.54, 1.807) is 51.1 Å². The number of para-hydroxylation sites is 1. The zero-order chi connectivity index (χ0) is 20.1. The molecule has 28 heavy (non-hydrogen) atoms. The van der Waals surface area contributed by atoms with Crippen molar-refractivity contribution >= 4 is 28.7 Å². The number of fused-ring (bicyclic) bond motifs is 1. The molecule has 0 saturated heterocycles. The summed E-state index contributed by atoms with van der Waals surface area (Å²) in [5, 5.41) is 1.06. The van der Waals surface area contributed by atoms with E-state index in [1.807, 2.05) is 30.5 Å². The van der Waals surface area contributed by atoms with Crippen LogP contribution in [0.2, 0.25) is 0 Å². The second kappa shape index (κ2) is 8.13. The number of aromatic nitrogens is 1. The van der Waals surface area contributed by atoms with Crippen LogP contribution in [0.4, 0.5) is 0 Å². The lowest BCUT2D eigenvalue weighted by Gasteiger charge is -2.19. The maximum atomic E-state index is 12.5. The molecule has 1 N–H and O–H groups in total. The normalized spacial score (nSPS) is 11.7. The third-order valence-electron chi connectivity index (χ3n) is 3.93. The first-order chi connectivity index (χ1) is 13.3. The number of esters is 1. The van der Waals surface area contributed by atoms with E-state index in [0.29, 0.717) is 11.3 Å². The van der Waals surface area contributed by atoms with Crippen molar-refractivity contribution in [3.63, 3.8) is 0 Å². The molecule has 0 spiro atoms. The van der Waals surface area contributed by atoms with Gasteiger partial charge in [-0.2, -0.15) is 0 Å². The van der Waals surface area contributed by atoms with E-state index < -0.39 is 11.6 Å². The summed E-state index contributed by atoms with van der Waals surface area (Å²) in [6, 6.07) is 14.7. The quantitative estimate of drug-likeness (QED) is 0.381. The molecule has 0 atom stereocenters. The number of hydrogen-bond donors (Lipinski definition) is 1. The molecule has 3 aromatic rings. The number of aromatic amines is 1. The van der Waals surface area contributed by atoms with E-state index in [9.17, 15) is 9.59 Å². The number of nitrogens with one attached hydrogen (secondary N) is 1. The van der Waals surface area contributed by atoms with Gasteiger partial charge in [-0.3, -0.25) is 4.79 Å². The van der Waals surface area contributed by atoms with Gasteiger partial charge in [0.1, 0.15) is 11.4 Å². The van der Waals surface area contributed by atoms with Crippen LogP contribution in [0.25, 0.3) is 17.0 Å². The van der Waals surface area contributed by atoms with Crippen LogP contribution in [0.5, 0.6) is 5.75 Å². The number of carbonyl (C=O) groups excluding carboxylic acids is 2. The van der Waals surface area contributed by atoms with Crippen LogP contribution in [0.1, 0.15) is 36.7 Å². The second-order valence-electron chi connectivity index (χ2n) is 7.39. The van der Waals surface area contributed by atoms with E-state index >= 15 is 0 Å². The minimum absolute atomic E-state index is 0.145. The number of ketones is 1. The van der Waals surface area contributed by atoms with Crippen LogP contribution in [0.15, 0.2) is 60.8 Å². The first-order valence-electron chi connectivity index (χ1n) is 9.05. The number of ether oxygens (including phenoxy) is 2. The zero-order valence-electron chi connectivity index (χ0n) is 16.2. The predicted octanol–water partition coefficient (Wildman–Crippen LogP) is 4.78. The molecule has 1 aromatic heterocycles. The summed E-state index contributed by atoms with van der Waals surface area (Å²) in [7, 11) is 0. The van der Waals surface area contributed by atoms with Gasteiger partial charge in [0.05, 0.1) is 0 Å². The van der Waals surface area contributed by atoms with Gasteiger partial charge < -0.3 is 14.5 Å². The molecule has 5 nitrogen and oxygen atoms in total. The second-order valence-corrected chi connectivity index (χ2v) is 7.39. The summed E-state index contributed by atoms with van der Waals surface area (Å²) in [5.41, 5.74) is 1.89. The van der Waals surface area contributed by atoms with Crippen LogP contribution in [0, 0.1) is 0 Å². The first kappa shape index (κ1) is 19.4. The molecule has 2 aromatic carbocycles. The van der Waals surface area contributed by atoms with Crippen LogP contribution in [-0.2, 0) is 9.53 Å². The Hall–Kier alpha value is -3.34. The summed E-state index contributed by atoms with van der Waals surface area (Å²) in [6.07, 6.45) is 5.19. The third kappa shape index (κ3) is 5.10. The fraction of sp³-hybridized carbons (Fsp3) is 0.217. The Morgan fingerprint density at radius 1 is 1.07 bits per heavy atom. The van der Waals surface area contributed by atoms with Crippen LogP contribution in [0.3, 0.4) is 0 Å². The molecule has 0 aliphatic heterocycles. The van der Waals surface area contributed by atoms with Crippen molar-refractivity contribution in [2.45, 2.75) is 26.4 Å². The molecule has 0 amide bonds. The Kier molecular flexibility index (Phi) is 5.64. The molecule has 3 rings (SSSR count). The van der Waals surface area contributed by atoms with Crippen molar-refractivity contribution in [3.8, 4) is 5.75 Å². The van der Waals surface area contributed by atoms with Gasteiger partial charge in [-0.05, 0) is 56.7 Å². The highest BCUT2D eigenvalue weighted by atomic mass is 16.6. The maximum Gasteiger partial charge on any atom is 0.344 e. The van der Waals surface area contributed by atoms with Gasteiger partial charge in [-0.1, -0.05) is 30.3 Å². The summed E-state index contributed by atoms with van der Waals surface area (Å²) in [4.78, 5) is 27.5. The minimum atomic E-state index is -0.564. The van der Waals surface area contributed by atoms with Crippen molar-refractivity contribution < 1.29 is 19.1 Å². The number of carbonyl (C=O) groups is 2. The van der Waals surface area contributed by atoms with E-state index in [0.717, 1.165) is 16.5 Å². The average Bonchev–Trinajstić information content (AvgIpc) is 3.06. The van der Waals surface area contributed by atoms with Crippen LogP contribution in [-0.4, -0.2) is 28.9 Å². The lowest BCUT2D eigenvalue weighted by Crippen LogP contribution is -2.27. The molecule has 0 aliphatic rings. The average molecular weight is 377 g/mol. The Morgan fingerprint density at radius 3 is 2.64 bits per heavy atom. The molecule has 144 valence electrons. The Bertz CT molecular complexity index is 1020. The molecule has 1 heterocycles. The molecular formula is C23H23NO4. The molecule has 0 unspecified atom stereocenters. The van der Waals surface area contributed by atoms with E-state index in [2.05, 4.69) is 4.98 Å². The molecule has 5 heteroatoms. The number of hydrogen-bond acceptors (Lipinski definition) is 4. The largest absolute Gasteiger partial charge is 0.482 e. The van der Waals surface area contributed by atoms with Crippen molar-refractivity contribution in [1.82, 2.24) is 4.98 Å². The lowest BCUT2D eigenvalue weighted by atomic mass is 10.1. The monoisotopic (exact) mass is 377 g/mol. The molecule has 0 saturated carbocycles. The Morgan fingerprint density at radius 2 is 1.86 bits per heavy atom. The van der Waals surface area contributed by atoms with E-state index in [1.165, 1.54) is 6.08 Å². The number of benzene rings is 2. The third-order valence-corrected chi connectivity index (χ3v) is 3.93. The molecule has 0 aliphatic carbocycles.